The summed E-state index contributed by atoms with van der Waals surface area (Å²) in [5.41, 5.74) is -0.0152. The molecule has 0 heterocycles. The summed E-state index contributed by atoms with van der Waals surface area (Å²) < 4.78 is 62.7. The molecule has 0 spiro atoms. The topological polar surface area (TPSA) is 76.0 Å². The first-order valence-corrected chi connectivity index (χ1v) is 12.7. The van der Waals surface area contributed by atoms with Gasteiger partial charge >= 0.3 is 5.97 Å². The number of halogens is 2. The van der Waals surface area contributed by atoms with Crippen LogP contribution in [0.2, 0.25) is 0 Å². The van der Waals surface area contributed by atoms with Gasteiger partial charge in [0.2, 0.25) is 0 Å². The van der Waals surface area contributed by atoms with E-state index in [1.54, 1.807) is 0 Å². The number of hydrogen-bond acceptors (Lipinski definition) is 5. The van der Waals surface area contributed by atoms with Crippen molar-refractivity contribution in [2.75, 3.05) is 5.65 Å². The lowest BCUT2D eigenvalue weighted by Crippen LogP contribution is -2.36. The van der Waals surface area contributed by atoms with E-state index in [2.05, 4.69) is 0 Å². The van der Waals surface area contributed by atoms with E-state index in [4.69, 9.17) is 17.8 Å². The molecule has 0 aliphatic heterocycles. The van der Waals surface area contributed by atoms with Gasteiger partial charge in [-0.2, -0.15) is 0 Å². The summed E-state index contributed by atoms with van der Waals surface area (Å²) in [6.45, 7) is 1.85. The second kappa shape index (κ2) is 15.8. The molecule has 0 amide bonds. The van der Waals surface area contributed by atoms with Gasteiger partial charge in [0.05, 0.1) is 13.5 Å². The fraction of sp³-hybridized carbons (Fsp3) is 0.952. The van der Waals surface area contributed by atoms with Crippen LogP contribution in [0.1, 0.15) is 84.0 Å². The highest BCUT2D eigenvalue weighted by atomic mass is 32.2. The summed E-state index contributed by atoms with van der Waals surface area (Å²) in [5.74, 6) is -4.13. The van der Waals surface area contributed by atoms with Gasteiger partial charge in [0.15, 0.2) is 0 Å². The van der Waals surface area contributed by atoms with Crippen LogP contribution in [0, 0.1) is 11.8 Å². The van der Waals surface area contributed by atoms with Crippen molar-refractivity contribution in [3.05, 3.63) is 0 Å². The maximum absolute atomic E-state index is 14.9. The fourth-order valence-corrected chi connectivity index (χ4v) is 5.22. The highest BCUT2D eigenvalue weighted by Crippen LogP contribution is 2.43. The van der Waals surface area contributed by atoms with Crippen molar-refractivity contribution in [1.29, 1.82) is 3.95 Å². The third-order valence-corrected chi connectivity index (χ3v) is 6.98. The summed E-state index contributed by atoms with van der Waals surface area (Å²) in [4.78, 5) is 10.6. The van der Waals surface area contributed by atoms with E-state index in [-0.39, 0.29) is 42.9 Å². The van der Waals surface area contributed by atoms with Gasteiger partial charge in [-0.15, -0.1) is 0 Å². The molecule has 2 N–H and O–H groups in total. The molecule has 0 saturated heterocycles. The largest absolute Gasteiger partial charge is 0.481 e. The fourth-order valence-electron chi connectivity index (χ4n) is 4.47. The van der Waals surface area contributed by atoms with Crippen LogP contribution >= 0.6 is 21.5 Å². The smallest absolute Gasteiger partial charge is 0.303 e. The molecule has 6 atom stereocenters. The SMILES string of the molecule is [2H]B([3H])CSOC(CC[C@@H]1[C@@H](CCCCCCC(=O)O)[C@@H](O)C[C@H]1OP[3H])C(F)(F)CCCC. The molecule has 0 aromatic heterocycles. The molecule has 0 bridgehead atoms. The maximum Gasteiger partial charge on any atom is 0.303 e. The zero-order valence-electron chi connectivity index (χ0n) is 21.4. The number of aliphatic hydroxyl groups is 1. The molecule has 1 aliphatic rings. The molecule has 1 fully saturated rings. The number of aliphatic carboxylic acids is 1. The minimum absolute atomic E-state index is 0.0152. The van der Waals surface area contributed by atoms with Crippen molar-refractivity contribution in [2.45, 2.75) is 108 Å². The molecule has 2 unspecified atom stereocenters. The first-order chi connectivity index (χ1) is 16.1. The predicted molar refractivity (Wildman–Crippen MR) is 127 cm³/mol. The number of carboxylic acid groups (broad SMARTS) is 1. The van der Waals surface area contributed by atoms with E-state index in [1.165, 1.54) is 0 Å². The molecule has 1 aliphatic carbocycles. The summed E-state index contributed by atoms with van der Waals surface area (Å²) in [6.07, 6.45) is 3.10. The van der Waals surface area contributed by atoms with Crippen LogP contribution in [0.25, 0.3) is 0 Å². The van der Waals surface area contributed by atoms with Gasteiger partial charge in [0.1, 0.15) is 13.9 Å². The van der Waals surface area contributed by atoms with Crippen molar-refractivity contribution in [1.82, 2.24) is 0 Å². The molecular formula is C21H40BF2O5PS. The molecule has 10 heteroatoms. The van der Waals surface area contributed by atoms with Gasteiger partial charge in [-0.3, -0.25) is 4.79 Å². The number of aliphatic hydroxyl groups excluding tert-OH is 1. The van der Waals surface area contributed by atoms with E-state index in [1.807, 2.05) is 6.92 Å². The lowest BCUT2D eigenvalue weighted by atomic mass is 9.84. The lowest BCUT2D eigenvalue weighted by Gasteiger charge is -2.30. The highest BCUT2D eigenvalue weighted by Gasteiger charge is 2.45. The quantitative estimate of drug-likeness (QED) is 0.111. The third-order valence-electron chi connectivity index (χ3n) is 6.17. The number of rotatable bonds is 20. The number of hydrogen-bond donors (Lipinski definition) is 2. The second-order valence-electron chi connectivity index (χ2n) is 8.45. The Morgan fingerprint density at radius 1 is 1.39 bits per heavy atom. The zero-order valence-corrected chi connectivity index (χ0v) is 20.3. The lowest BCUT2D eigenvalue weighted by molar-refractivity contribution is -0.137. The zero-order chi connectivity index (χ0) is 25.6. The number of alkyl halides is 2. The minimum atomic E-state index is -3.03. The molecule has 5 nitrogen and oxygen atoms in total. The van der Waals surface area contributed by atoms with Crippen LogP contribution in [-0.2, 0) is 13.5 Å². The second-order valence-corrected chi connectivity index (χ2v) is 9.44. The Kier molecular flexibility index (Phi) is 12.3. The molecule has 31 heavy (non-hydrogen) atoms. The first kappa shape index (κ1) is 24.2. The van der Waals surface area contributed by atoms with Crippen LogP contribution in [0.4, 0.5) is 8.78 Å². The third kappa shape index (κ3) is 10.7. The van der Waals surface area contributed by atoms with E-state index in [0.717, 1.165) is 31.3 Å². The molecule has 182 valence electrons. The number of unbranched alkanes of at least 4 members (excludes halogenated alkanes) is 4. The highest BCUT2D eigenvalue weighted by molar-refractivity contribution is 7.95. The van der Waals surface area contributed by atoms with E-state index < -0.39 is 41.3 Å². The van der Waals surface area contributed by atoms with Crippen LogP contribution in [0.15, 0.2) is 0 Å². The Balaban J connectivity index is 2.76. The standard InChI is InChI=1S/C21H40BF2O5PS/c1-2-3-12-21(23,24)19(29-31-14-22)11-10-16-15(17(25)13-18(16)28-30)8-6-4-5-7-9-20(26)27/h15-19,25H,2-14,22,30H2,1H3,(H,26,27)/t15-,16-,17+,18-,19?/m1/s1/i22TD,30T/t15-,16-,17+,18-,19?,30?. The Morgan fingerprint density at radius 2 is 2.16 bits per heavy atom. The monoisotopic (exact) mass is 489 g/mol. The van der Waals surface area contributed by atoms with Crippen molar-refractivity contribution in [2.24, 2.45) is 11.8 Å². The van der Waals surface area contributed by atoms with E-state index in [9.17, 15) is 18.7 Å². The summed E-state index contributed by atoms with van der Waals surface area (Å²) in [6, 6.07) is 0. The molecule has 0 aromatic rings. The van der Waals surface area contributed by atoms with Crippen molar-refractivity contribution < 1.29 is 32.5 Å². The van der Waals surface area contributed by atoms with Gasteiger partial charge < -0.3 is 18.9 Å². The summed E-state index contributed by atoms with van der Waals surface area (Å²) in [5, 5.41) is 19.4. The van der Waals surface area contributed by atoms with Crippen LogP contribution < -0.4 is 0 Å². The Morgan fingerprint density at radius 3 is 2.84 bits per heavy atom. The maximum atomic E-state index is 14.9. The summed E-state index contributed by atoms with van der Waals surface area (Å²) >= 11 is 0.742. The van der Waals surface area contributed by atoms with Crippen LogP contribution in [0.5, 0.6) is 0 Å². The minimum Gasteiger partial charge on any atom is -0.481 e. The van der Waals surface area contributed by atoms with Gasteiger partial charge in [-0.05, 0) is 64.3 Å². The van der Waals surface area contributed by atoms with E-state index in [0.29, 0.717) is 38.5 Å². The van der Waals surface area contributed by atoms with Crippen molar-refractivity contribution >= 4 is 35.2 Å². The van der Waals surface area contributed by atoms with Gasteiger partial charge in [-0.25, -0.2) is 8.78 Å². The molecule has 0 radical (unpaired) electrons. The number of carbonyl (C=O) groups is 1. The Labute approximate surface area is 197 Å². The molecule has 1 rings (SSSR count). The molecule has 1 saturated carbocycles. The van der Waals surface area contributed by atoms with E-state index >= 15 is 0 Å². The predicted octanol–water partition coefficient (Wildman–Crippen LogP) is 4.81. The molecule has 0 aromatic carbocycles. The normalized spacial score (nSPS) is 26.6. The van der Waals surface area contributed by atoms with Gasteiger partial charge in [0, 0.05) is 28.7 Å². The Hall–Kier alpha value is 0.0549. The molecular weight excluding hydrogens is 444 g/mol. The number of carboxylic acids is 1. The van der Waals surface area contributed by atoms with Crippen molar-refractivity contribution in [3.63, 3.8) is 0 Å². The van der Waals surface area contributed by atoms with Crippen molar-refractivity contribution in [3.8, 4) is 0 Å². The summed E-state index contributed by atoms with van der Waals surface area (Å²) in [7, 11) is -1.66. The van der Waals surface area contributed by atoms with Crippen LogP contribution in [0.3, 0.4) is 0 Å². The van der Waals surface area contributed by atoms with Crippen LogP contribution in [-0.4, -0.2) is 57.8 Å². The van der Waals surface area contributed by atoms with Gasteiger partial charge in [-0.1, -0.05) is 32.6 Å². The van der Waals surface area contributed by atoms with Gasteiger partial charge in [0.25, 0.3) is 5.92 Å². The average Bonchev–Trinajstić information content (AvgIpc) is 3.05. The average molecular weight is 489 g/mol. The Bertz CT molecular complexity index is 575. The first-order valence-electron chi connectivity index (χ1n) is 13.0.